The van der Waals surface area contributed by atoms with E-state index in [1.165, 1.54) is 15.4 Å². The van der Waals surface area contributed by atoms with Crippen molar-refractivity contribution < 1.29 is 23.4 Å². The fourth-order valence-electron chi connectivity index (χ4n) is 6.84. The van der Waals surface area contributed by atoms with Gasteiger partial charge in [-0.25, -0.2) is 8.42 Å². The van der Waals surface area contributed by atoms with Gasteiger partial charge in [-0.2, -0.15) is 4.91 Å². The summed E-state index contributed by atoms with van der Waals surface area (Å²) in [5.41, 5.74) is 6.07. The summed E-state index contributed by atoms with van der Waals surface area (Å²) in [6, 6.07) is 29.2. The van der Waals surface area contributed by atoms with Crippen LogP contribution in [0.4, 0.5) is 5.69 Å². The lowest BCUT2D eigenvalue weighted by Gasteiger charge is -2.48. The molecule has 0 radical (unpaired) electrons. The molecule has 2 aliphatic heterocycles. The van der Waals surface area contributed by atoms with E-state index < -0.39 is 39.6 Å². The molecular weight excluding hydrogens is 600 g/mol. The summed E-state index contributed by atoms with van der Waals surface area (Å²) < 4.78 is 34.9. The molecule has 6 rings (SSSR count). The van der Waals surface area contributed by atoms with Gasteiger partial charge in [0.2, 0.25) is 10.0 Å². The number of aliphatic hydroxyl groups is 1. The topological polar surface area (TPSA) is 116 Å². The molecule has 0 saturated carbocycles. The van der Waals surface area contributed by atoms with Crippen LogP contribution in [0.2, 0.25) is 0 Å². The van der Waals surface area contributed by atoms with Crippen LogP contribution in [0.15, 0.2) is 102 Å². The predicted molar refractivity (Wildman–Crippen MR) is 180 cm³/mol. The molecule has 9 heteroatoms. The van der Waals surface area contributed by atoms with Gasteiger partial charge in [0.15, 0.2) is 0 Å². The van der Waals surface area contributed by atoms with E-state index in [0.717, 1.165) is 23.1 Å². The highest BCUT2D eigenvalue weighted by Gasteiger charge is 2.54. The molecule has 6 atom stereocenters. The van der Waals surface area contributed by atoms with Gasteiger partial charge >= 0.3 is 0 Å². The number of aliphatic hydroxyl groups excluding tert-OH is 1. The van der Waals surface area contributed by atoms with Gasteiger partial charge in [-0.3, -0.25) is 4.31 Å². The number of hydrogen-bond acceptors (Lipinski definition) is 7. The highest BCUT2D eigenvalue weighted by atomic mass is 32.2. The number of benzene rings is 4. The summed E-state index contributed by atoms with van der Waals surface area (Å²) in [5, 5.41) is 24.3. The maximum absolute atomic E-state index is 13.7. The van der Waals surface area contributed by atoms with Crippen LogP contribution in [0.5, 0.6) is 5.75 Å². The third kappa shape index (κ3) is 6.19. The van der Waals surface area contributed by atoms with Gasteiger partial charge < -0.3 is 14.9 Å². The maximum atomic E-state index is 13.7. The van der Waals surface area contributed by atoms with Gasteiger partial charge in [0, 0.05) is 12.0 Å². The minimum atomic E-state index is -3.61. The fraction of sp³-hybridized carbons (Fsp3) is 0.351. The molecule has 2 heterocycles. The maximum Gasteiger partial charge on any atom is 0.241 e. The molecule has 8 nitrogen and oxygen atoms in total. The van der Waals surface area contributed by atoms with E-state index in [1.54, 1.807) is 18.2 Å². The number of nitroso groups, excluding NO2 is 1. The van der Waals surface area contributed by atoms with Gasteiger partial charge in [-0.1, -0.05) is 96.5 Å². The molecule has 0 spiro atoms. The standard InChI is InChI=1S/C37H40N2O6S/c1-3-33-36(38-42)32(41)23-34(45-33)27-18-16-26(17-19-27)28-20-21-30(31(40)22-28)37-35(11-7-8-25-14-12-24(2)13-15-25)46(43,44)39(37)29-9-5-4-6-10-29/h4-6,9-10,12-22,32-37,40-41H,3,7-8,11,23H2,1-2H3/t32?,33?,34?,35?,36-,37?/m0/s1. The summed E-state index contributed by atoms with van der Waals surface area (Å²) in [4.78, 5) is 11.2. The van der Waals surface area contributed by atoms with Crippen LogP contribution in [0.3, 0.4) is 0 Å². The highest BCUT2D eigenvalue weighted by Crippen LogP contribution is 2.50. The van der Waals surface area contributed by atoms with E-state index in [1.807, 2.05) is 68.4 Å². The largest absolute Gasteiger partial charge is 0.508 e. The Labute approximate surface area is 270 Å². The zero-order chi connectivity index (χ0) is 32.4. The van der Waals surface area contributed by atoms with E-state index in [-0.39, 0.29) is 18.3 Å². The molecule has 240 valence electrons. The molecule has 46 heavy (non-hydrogen) atoms. The normalized spacial score (nSPS) is 25.5. The first-order valence-corrected chi connectivity index (χ1v) is 17.4. The summed E-state index contributed by atoms with van der Waals surface area (Å²) in [6.45, 7) is 3.95. The molecule has 0 aromatic heterocycles. The van der Waals surface area contributed by atoms with Crippen molar-refractivity contribution in [2.75, 3.05) is 4.31 Å². The van der Waals surface area contributed by atoms with Crippen LogP contribution >= 0.6 is 0 Å². The number of hydrogen-bond donors (Lipinski definition) is 2. The zero-order valence-corrected chi connectivity index (χ0v) is 26.9. The highest BCUT2D eigenvalue weighted by molar-refractivity contribution is 7.95. The third-order valence-electron chi connectivity index (χ3n) is 9.41. The molecule has 2 N–H and O–H groups in total. The Bertz CT molecular complexity index is 1760. The first kappa shape index (κ1) is 31.9. The Balaban J connectivity index is 1.23. The van der Waals surface area contributed by atoms with E-state index in [9.17, 15) is 23.5 Å². The first-order chi connectivity index (χ1) is 22.2. The molecule has 0 bridgehead atoms. The number of phenols is 1. The minimum absolute atomic E-state index is 0.0443. The van der Waals surface area contributed by atoms with Crippen LogP contribution in [-0.2, 0) is 21.2 Å². The van der Waals surface area contributed by atoms with Crippen LogP contribution in [0.1, 0.15) is 67.0 Å². The number of ether oxygens (including phenoxy) is 1. The predicted octanol–water partition coefficient (Wildman–Crippen LogP) is 7.39. The van der Waals surface area contributed by atoms with Gasteiger partial charge in [0.05, 0.1) is 30.0 Å². The number of aromatic hydroxyl groups is 1. The van der Waals surface area contributed by atoms with Crippen molar-refractivity contribution in [2.45, 2.75) is 81.6 Å². The lowest BCUT2D eigenvalue weighted by Crippen LogP contribution is -2.58. The average molecular weight is 641 g/mol. The fourth-order valence-corrected chi connectivity index (χ4v) is 8.99. The zero-order valence-electron chi connectivity index (χ0n) is 26.1. The van der Waals surface area contributed by atoms with E-state index in [4.69, 9.17) is 4.74 Å². The number of aryl methyl sites for hydroxylation is 2. The second kappa shape index (κ2) is 13.4. The monoisotopic (exact) mass is 640 g/mol. The Hall–Kier alpha value is -4.05. The summed E-state index contributed by atoms with van der Waals surface area (Å²) >= 11 is 0. The van der Waals surface area contributed by atoms with Gasteiger partial charge in [-0.15, -0.1) is 0 Å². The van der Waals surface area contributed by atoms with Crippen molar-refractivity contribution >= 4 is 15.7 Å². The Kier molecular flexibility index (Phi) is 9.27. The Morgan fingerprint density at radius 2 is 1.63 bits per heavy atom. The first-order valence-electron chi connectivity index (χ1n) is 15.9. The van der Waals surface area contributed by atoms with Crippen molar-refractivity contribution in [3.63, 3.8) is 0 Å². The smallest absolute Gasteiger partial charge is 0.241 e. The molecule has 4 aromatic rings. The molecule has 5 unspecified atom stereocenters. The van der Waals surface area contributed by atoms with Crippen LogP contribution < -0.4 is 4.31 Å². The number of anilines is 1. The minimum Gasteiger partial charge on any atom is -0.508 e. The second-order valence-corrected chi connectivity index (χ2v) is 14.4. The molecular formula is C37H40N2O6S. The quantitative estimate of drug-likeness (QED) is 0.175. The number of para-hydroxylation sites is 1. The number of phenolic OH excluding ortho intramolecular Hbond substituents is 1. The van der Waals surface area contributed by atoms with Crippen molar-refractivity contribution in [1.29, 1.82) is 0 Å². The van der Waals surface area contributed by atoms with E-state index in [2.05, 4.69) is 29.4 Å². The molecule has 0 aliphatic carbocycles. The third-order valence-corrected chi connectivity index (χ3v) is 11.7. The summed E-state index contributed by atoms with van der Waals surface area (Å²) in [7, 11) is -3.61. The summed E-state index contributed by atoms with van der Waals surface area (Å²) in [6.07, 6.45) is 1.19. The number of nitrogens with zero attached hydrogens (tertiary/aromatic N) is 2. The van der Waals surface area contributed by atoms with Crippen LogP contribution in [0, 0.1) is 11.8 Å². The summed E-state index contributed by atoms with van der Waals surface area (Å²) in [5.74, 6) is 0.0443. The lowest BCUT2D eigenvalue weighted by molar-refractivity contribution is -0.111. The van der Waals surface area contributed by atoms with Crippen molar-refractivity contribution in [1.82, 2.24) is 0 Å². The van der Waals surface area contributed by atoms with E-state index >= 15 is 0 Å². The van der Waals surface area contributed by atoms with Gasteiger partial charge in [0.25, 0.3) is 0 Å². The lowest BCUT2D eigenvalue weighted by atomic mass is 9.90. The Morgan fingerprint density at radius 3 is 2.28 bits per heavy atom. The van der Waals surface area contributed by atoms with E-state index in [0.29, 0.717) is 30.5 Å². The second-order valence-electron chi connectivity index (χ2n) is 12.4. The molecule has 2 aliphatic rings. The molecule has 2 saturated heterocycles. The number of rotatable bonds is 10. The Morgan fingerprint density at radius 1 is 0.935 bits per heavy atom. The van der Waals surface area contributed by atoms with Gasteiger partial charge in [-0.05, 0) is 73.1 Å². The SMILES string of the molecule is CCC1OC(c2ccc(-c3ccc(C4C(CCCc5ccc(C)cc5)S(=O)(=O)N4c4ccccc4)c(O)c3)cc2)CC(O)[C@@H]1N=O. The molecule has 4 aromatic carbocycles. The average Bonchev–Trinajstić information content (AvgIpc) is 3.06. The molecule has 2 fully saturated rings. The van der Waals surface area contributed by atoms with Gasteiger partial charge in [0.1, 0.15) is 17.0 Å². The van der Waals surface area contributed by atoms with Crippen LogP contribution in [0.25, 0.3) is 11.1 Å². The van der Waals surface area contributed by atoms with Crippen molar-refractivity contribution in [2.24, 2.45) is 5.18 Å². The molecule has 0 amide bonds. The van der Waals surface area contributed by atoms with Crippen molar-refractivity contribution in [3.8, 4) is 16.9 Å². The van der Waals surface area contributed by atoms with Crippen molar-refractivity contribution in [3.05, 3.63) is 124 Å². The van der Waals surface area contributed by atoms with Crippen LogP contribution in [-0.4, -0.2) is 42.1 Å². The number of sulfonamides is 1.